The van der Waals surface area contributed by atoms with Crippen LogP contribution in [0.4, 0.5) is 5.82 Å². The Morgan fingerprint density at radius 1 is 1.43 bits per heavy atom. The number of hydrogen-bond donors (Lipinski definition) is 0. The molecule has 0 aromatic carbocycles. The number of nitrogens with zero attached hydrogens (tertiary/aromatic N) is 2. The van der Waals surface area contributed by atoms with Crippen molar-refractivity contribution >= 4 is 17.4 Å². The van der Waals surface area contributed by atoms with Gasteiger partial charge >= 0.3 is 0 Å². The molecule has 1 rings (SSSR count). The number of alkyl halides is 1. The number of halogens is 1. The fourth-order valence-corrected chi connectivity index (χ4v) is 1.62. The van der Waals surface area contributed by atoms with Gasteiger partial charge in [-0.1, -0.05) is 6.07 Å². The van der Waals surface area contributed by atoms with E-state index < -0.39 is 0 Å². The van der Waals surface area contributed by atoms with Gasteiger partial charge in [-0.05, 0) is 32.4 Å². The maximum atomic E-state index is 5.70. The molecule has 0 radical (unpaired) electrons. The molecule has 14 heavy (non-hydrogen) atoms. The van der Waals surface area contributed by atoms with Crippen molar-refractivity contribution in [2.75, 3.05) is 11.4 Å². The molecule has 2 nitrogen and oxygen atoms in total. The van der Waals surface area contributed by atoms with Crippen LogP contribution in [0.15, 0.2) is 18.3 Å². The van der Waals surface area contributed by atoms with E-state index in [0.29, 0.717) is 11.9 Å². The molecule has 0 spiro atoms. The van der Waals surface area contributed by atoms with E-state index in [1.165, 1.54) is 0 Å². The second kappa shape index (κ2) is 5.20. The Morgan fingerprint density at radius 3 is 2.50 bits per heavy atom. The summed E-state index contributed by atoms with van der Waals surface area (Å²) in [5.41, 5.74) is 1.07. The van der Waals surface area contributed by atoms with Crippen molar-refractivity contribution < 1.29 is 0 Å². The molecule has 1 heterocycles. The standard InChI is InChI=1S/C11H17ClN2/c1-4-14(9(2)3)11-6-5-10(7-12)8-13-11/h5-6,8-9H,4,7H2,1-3H3. The molecule has 1 aromatic rings. The average molecular weight is 213 g/mol. The third kappa shape index (κ3) is 2.61. The average Bonchev–Trinajstić information content (AvgIpc) is 2.19. The summed E-state index contributed by atoms with van der Waals surface area (Å²) in [6.07, 6.45) is 1.84. The summed E-state index contributed by atoms with van der Waals surface area (Å²) in [6.45, 7) is 7.45. The van der Waals surface area contributed by atoms with E-state index in [1.807, 2.05) is 18.3 Å². The number of rotatable bonds is 4. The summed E-state index contributed by atoms with van der Waals surface area (Å²) in [4.78, 5) is 6.63. The molecule has 0 N–H and O–H groups in total. The summed E-state index contributed by atoms with van der Waals surface area (Å²) in [5, 5.41) is 0. The molecule has 0 saturated carbocycles. The highest BCUT2D eigenvalue weighted by molar-refractivity contribution is 6.17. The molecule has 1 aromatic heterocycles. The molecule has 0 aliphatic carbocycles. The number of pyridine rings is 1. The van der Waals surface area contributed by atoms with E-state index in [4.69, 9.17) is 11.6 Å². The van der Waals surface area contributed by atoms with E-state index in [0.717, 1.165) is 17.9 Å². The van der Waals surface area contributed by atoms with E-state index in [2.05, 4.69) is 30.7 Å². The smallest absolute Gasteiger partial charge is 0.128 e. The van der Waals surface area contributed by atoms with Crippen LogP contribution in [0.3, 0.4) is 0 Å². The zero-order valence-corrected chi connectivity index (χ0v) is 9.75. The Balaban J connectivity index is 2.84. The lowest BCUT2D eigenvalue weighted by Crippen LogP contribution is -2.30. The topological polar surface area (TPSA) is 16.1 Å². The lowest BCUT2D eigenvalue weighted by atomic mass is 10.2. The fraction of sp³-hybridized carbons (Fsp3) is 0.545. The molecule has 0 amide bonds. The molecule has 0 saturated heterocycles. The van der Waals surface area contributed by atoms with Gasteiger partial charge < -0.3 is 4.90 Å². The lowest BCUT2D eigenvalue weighted by molar-refractivity contribution is 0.693. The predicted molar refractivity (Wildman–Crippen MR) is 62.0 cm³/mol. The van der Waals surface area contributed by atoms with Gasteiger partial charge in [-0.15, -0.1) is 11.6 Å². The van der Waals surface area contributed by atoms with Crippen LogP contribution >= 0.6 is 11.6 Å². The maximum Gasteiger partial charge on any atom is 0.128 e. The van der Waals surface area contributed by atoms with Gasteiger partial charge in [0.2, 0.25) is 0 Å². The van der Waals surface area contributed by atoms with Crippen molar-refractivity contribution in [3.63, 3.8) is 0 Å². The zero-order valence-electron chi connectivity index (χ0n) is 9.00. The molecule has 0 fully saturated rings. The predicted octanol–water partition coefficient (Wildman–Crippen LogP) is 3.06. The van der Waals surface area contributed by atoms with Crippen molar-refractivity contribution in [2.45, 2.75) is 32.7 Å². The second-order valence-electron chi connectivity index (χ2n) is 3.54. The largest absolute Gasteiger partial charge is 0.354 e. The minimum atomic E-state index is 0.481. The SMILES string of the molecule is CCN(c1ccc(CCl)cn1)C(C)C. The summed E-state index contributed by atoms with van der Waals surface area (Å²) in [7, 11) is 0. The minimum Gasteiger partial charge on any atom is -0.354 e. The minimum absolute atomic E-state index is 0.481. The lowest BCUT2D eigenvalue weighted by Gasteiger charge is -2.26. The maximum absolute atomic E-state index is 5.70. The zero-order chi connectivity index (χ0) is 10.6. The molecule has 0 aliphatic rings. The molecule has 0 unspecified atom stereocenters. The first-order valence-electron chi connectivity index (χ1n) is 4.96. The van der Waals surface area contributed by atoms with Crippen LogP contribution in [0.1, 0.15) is 26.3 Å². The van der Waals surface area contributed by atoms with Crippen LogP contribution in [0, 0.1) is 0 Å². The summed E-state index contributed by atoms with van der Waals surface area (Å²) in [5.74, 6) is 1.55. The van der Waals surface area contributed by atoms with E-state index in [9.17, 15) is 0 Å². The molecule has 3 heteroatoms. The quantitative estimate of drug-likeness (QED) is 0.714. The monoisotopic (exact) mass is 212 g/mol. The third-order valence-electron chi connectivity index (χ3n) is 2.22. The Labute approximate surface area is 90.9 Å². The van der Waals surface area contributed by atoms with E-state index in [-0.39, 0.29) is 0 Å². The van der Waals surface area contributed by atoms with Crippen molar-refractivity contribution in [1.82, 2.24) is 4.98 Å². The van der Waals surface area contributed by atoms with Crippen molar-refractivity contribution in [3.8, 4) is 0 Å². The van der Waals surface area contributed by atoms with Gasteiger partial charge in [0.1, 0.15) is 5.82 Å². The van der Waals surface area contributed by atoms with Crippen LogP contribution in [0.2, 0.25) is 0 Å². The van der Waals surface area contributed by atoms with Gasteiger partial charge in [0.25, 0.3) is 0 Å². The summed E-state index contributed by atoms with van der Waals surface area (Å²) < 4.78 is 0. The fourth-order valence-electron chi connectivity index (χ4n) is 1.46. The molecule has 0 bridgehead atoms. The van der Waals surface area contributed by atoms with Crippen LogP contribution < -0.4 is 4.90 Å². The van der Waals surface area contributed by atoms with Gasteiger partial charge in [-0.3, -0.25) is 0 Å². The van der Waals surface area contributed by atoms with Crippen LogP contribution in [0.25, 0.3) is 0 Å². The van der Waals surface area contributed by atoms with Gasteiger partial charge in [0.05, 0.1) is 0 Å². The number of aromatic nitrogens is 1. The van der Waals surface area contributed by atoms with Gasteiger partial charge in [-0.25, -0.2) is 4.98 Å². The summed E-state index contributed by atoms with van der Waals surface area (Å²) >= 11 is 5.70. The van der Waals surface area contributed by atoms with Crippen LogP contribution in [-0.4, -0.2) is 17.6 Å². The second-order valence-corrected chi connectivity index (χ2v) is 3.81. The van der Waals surface area contributed by atoms with Crippen molar-refractivity contribution in [3.05, 3.63) is 23.9 Å². The molecule has 0 atom stereocenters. The van der Waals surface area contributed by atoms with Crippen LogP contribution in [-0.2, 0) is 5.88 Å². The van der Waals surface area contributed by atoms with Gasteiger partial charge in [0.15, 0.2) is 0 Å². The Kier molecular flexibility index (Phi) is 4.21. The van der Waals surface area contributed by atoms with Gasteiger partial charge in [0, 0.05) is 24.7 Å². The molecule has 0 aliphatic heterocycles. The number of anilines is 1. The summed E-state index contributed by atoms with van der Waals surface area (Å²) in [6, 6.07) is 4.54. The first kappa shape index (κ1) is 11.3. The molecular formula is C11H17ClN2. The normalized spacial score (nSPS) is 10.6. The van der Waals surface area contributed by atoms with Crippen molar-refractivity contribution in [2.24, 2.45) is 0 Å². The molecular weight excluding hydrogens is 196 g/mol. The first-order chi connectivity index (χ1) is 6.69. The number of hydrogen-bond acceptors (Lipinski definition) is 2. The molecule has 78 valence electrons. The first-order valence-corrected chi connectivity index (χ1v) is 5.50. The Bertz CT molecular complexity index is 269. The van der Waals surface area contributed by atoms with Gasteiger partial charge in [-0.2, -0.15) is 0 Å². The highest BCUT2D eigenvalue weighted by atomic mass is 35.5. The third-order valence-corrected chi connectivity index (χ3v) is 2.53. The van der Waals surface area contributed by atoms with Crippen molar-refractivity contribution in [1.29, 1.82) is 0 Å². The highest BCUT2D eigenvalue weighted by Crippen LogP contribution is 2.14. The van der Waals surface area contributed by atoms with Crippen LogP contribution in [0.5, 0.6) is 0 Å². The Morgan fingerprint density at radius 2 is 2.14 bits per heavy atom. The highest BCUT2D eigenvalue weighted by Gasteiger charge is 2.08. The van der Waals surface area contributed by atoms with E-state index >= 15 is 0 Å². The Hall–Kier alpha value is -0.760. The van der Waals surface area contributed by atoms with E-state index in [1.54, 1.807) is 0 Å².